The van der Waals surface area contributed by atoms with Crippen molar-refractivity contribution < 1.29 is 0 Å². The van der Waals surface area contributed by atoms with Crippen LogP contribution in [0.1, 0.15) is 36.7 Å². The first kappa shape index (κ1) is 12.7. The maximum atomic E-state index is 4.27. The van der Waals surface area contributed by atoms with Gasteiger partial charge >= 0.3 is 0 Å². The number of benzene rings is 1. The molecule has 3 nitrogen and oxygen atoms in total. The van der Waals surface area contributed by atoms with Crippen LogP contribution in [-0.4, -0.2) is 9.97 Å². The zero-order valence-electron chi connectivity index (χ0n) is 11.2. The average Bonchev–Trinajstić information content (AvgIpc) is 2.81. The summed E-state index contributed by atoms with van der Waals surface area (Å²) in [6.07, 6.45) is 5.42. The molecule has 0 radical (unpaired) electrons. The van der Waals surface area contributed by atoms with Crippen molar-refractivity contribution in [3.05, 3.63) is 47.5 Å². The van der Waals surface area contributed by atoms with Gasteiger partial charge in [0.05, 0.1) is 18.6 Å². The Morgan fingerprint density at radius 2 is 2.00 bits per heavy atom. The molecule has 0 amide bonds. The minimum Gasteiger partial charge on any atom is -0.379 e. The first-order valence-corrected chi connectivity index (χ1v) is 6.61. The molecule has 1 aromatic heterocycles. The Labute approximate surface area is 109 Å². The Kier molecular flexibility index (Phi) is 4.40. The van der Waals surface area contributed by atoms with Gasteiger partial charge in [0.2, 0.25) is 0 Å². The maximum Gasteiger partial charge on any atom is 0.0925 e. The zero-order valence-corrected chi connectivity index (χ0v) is 11.2. The number of nitrogens with zero attached hydrogens (tertiary/aromatic N) is 1. The minimum absolute atomic E-state index is 0.768. The highest BCUT2D eigenvalue weighted by Crippen LogP contribution is 2.13. The molecule has 0 spiro atoms. The van der Waals surface area contributed by atoms with Crippen LogP contribution in [0.3, 0.4) is 0 Å². The van der Waals surface area contributed by atoms with E-state index >= 15 is 0 Å². The van der Waals surface area contributed by atoms with Crippen LogP contribution in [0, 0.1) is 6.92 Å². The predicted octanol–water partition coefficient (Wildman–Crippen LogP) is 3.67. The van der Waals surface area contributed by atoms with Crippen LogP contribution in [0.5, 0.6) is 0 Å². The molecular formula is C15H21N3. The smallest absolute Gasteiger partial charge is 0.0925 e. The number of hydrogen-bond acceptors (Lipinski definition) is 2. The van der Waals surface area contributed by atoms with Gasteiger partial charge in [-0.2, -0.15) is 0 Å². The molecule has 0 unspecified atom stereocenters. The van der Waals surface area contributed by atoms with Crippen molar-refractivity contribution in [3.63, 3.8) is 0 Å². The summed E-state index contributed by atoms with van der Waals surface area (Å²) in [6.45, 7) is 5.03. The molecule has 0 atom stereocenters. The number of aromatic nitrogens is 2. The van der Waals surface area contributed by atoms with E-state index < -0.39 is 0 Å². The van der Waals surface area contributed by atoms with Crippen molar-refractivity contribution in [3.8, 4) is 0 Å². The third-order valence-corrected chi connectivity index (χ3v) is 3.17. The third-order valence-electron chi connectivity index (χ3n) is 3.17. The summed E-state index contributed by atoms with van der Waals surface area (Å²) in [5, 5.41) is 3.39. The largest absolute Gasteiger partial charge is 0.379 e. The third kappa shape index (κ3) is 3.36. The van der Waals surface area contributed by atoms with Gasteiger partial charge in [-0.25, -0.2) is 4.98 Å². The summed E-state index contributed by atoms with van der Waals surface area (Å²) < 4.78 is 0. The van der Waals surface area contributed by atoms with Gasteiger partial charge in [-0.3, -0.25) is 0 Å². The summed E-state index contributed by atoms with van der Waals surface area (Å²) in [7, 11) is 0. The normalized spacial score (nSPS) is 10.6. The summed E-state index contributed by atoms with van der Waals surface area (Å²) in [5.41, 5.74) is 4.77. The number of H-pyrrole nitrogens is 1. The summed E-state index contributed by atoms with van der Waals surface area (Å²) in [5.74, 6) is 0. The van der Waals surface area contributed by atoms with Gasteiger partial charge in [-0.05, 0) is 37.5 Å². The van der Waals surface area contributed by atoms with Crippen LogP contribution in [0.15, 0.2) is 30.6 Å². The monoisotopic (exact) mass is 243 g/mol. The lowest BCUT2D eigenvalue weighted by Gasteiger charge is -2.06. The number of rotatable bonds is 6. The molecule has 1 aromatic carbocycles. The van der Waals surface area contributed by atoms with Crippen LogP contribution < -0.4 is 5.32 Å². The van der Waals surface area contributed by atoms with E-state index in [1.54, 1.807) is 6.33 Å². The maximum absolute atomic E-state index is 4.27. The van der Waals surface area contributed by atoms with E-state index in [0.29, 0.717) is 0 Å². The fourth-order valence-corrected chi connectivity index (χ4v) is 1.92. The molecule has 0 saturated carbocycles. The molecular weight excluding hydrogens is 222 g/mol. The van der Waals surface area contributed by atoms with Gasteiger partial charge in [0.25, 0.3) is 0 Å². The lowest BCUT2D eigenvalue weighted by atomic mass is 10.1. The Bertz CT molecular complexity index is 471. The van der Waals surface area contributed by atoms with Crippen molar-refractivity contribution in [1.82, 2.24) is 9.97 Å². The highest BCUT2D eigenvalue weighted by atomic mass is 14.9. The number of nitrogens with one attached hydrogen (secondary N) is 2. The standard InChI is InChI=1S/C15H21N3/c1-3-4-5-13-6-8-14(9-7-13)16-10-15-12(2)17-11-18-15/h6-9,11,16H,3-5,10H2,1-2H3,(H,17,18). The zero-order chi connectivity index (χ0) is 12.8. The second kappa shape index (κ2) is 6.24. The van der Waals surface area contributed by atoms with E-state index in [1.807, 2.05) is 6.92 Å². The molecule has 0 fully saturated rings. The number of imidazole rings is 1. The van der Waals surface area contributed by atoms with E-state index in [4.69, 9.17) is 0 Å². The minimum atomic E-state index is 0.768. The van der Waals surface area contributed by atoms with E-state index in [-0.39, 0.29) is 0 Å². The van der Waals surface area contributed by atoms with Gasteiger partial charge in [0.15, 0.2) is 0 Å². The number of aromatic amines is 1. The Morgan fingerprint density at radius 1 is 1.22 bits per heavy atom. The highest BCUT2D eigenvalue weighted by Gasteiger charge is 2.00. The van der Waals surface area contributed by atoms with Crippen molar-refractivity contribution in [2.45, 2.75) is 39.7 Å². The molecule has 2 N–H and O–H groups in total. The molecule has 0 saturated heterocycles. The lowest BCUT2D eigenvalue weighted by Crippen LogP contribution is -2.01. The summed E-state index contributed by atoms with van der Waals surface area (Å²) in [4.78, 5) is 7.36. The molecule has 96 valence electrons. The van der Waals surface area contributed by atoms with E-state index in [1.165, 1.54) is 24.8 Å². The highest BCUT2D eigenvalue weighted by molar-refractivity contribution is 5.45. The quantitative estimate of drug-likeness (QED) is 0.812. The fraction of sp³-hybridized carbons (Fsp3) is 0.400. The van der Waals surface area contributed by atoms with Crippen LogP contribution in [-0.2, 0) is 13.0 Å². The fourth-order valence-electron chi connectivity index (χ4n) is 1.92. The Balaban J connectivity index is 1.88. The number of aryl methyl sites for hydroxylation is 2. The molecule has 18 heavy (non-hydrogen) atoms. The van der Waals surface area contributed by atoms with Crippen molar-refractivity contribution >= 4 is 5.69 Å². The second-order valence-electron chi connectivity index (χ2n) is 4.63. The number of hydrogen-bond donors (Lipinski definition) is 2. The summed E-state index contributed by atoms with van der Waals surface area (Å²) in [6, 6.07) is 8.70. The van der Waals surface area contributed by atoms with Crippen molar-refractivity contribution in [2.24, 2.45) is 0 Å². The molecule has 1 heterocycles. The average molecular weight is 243 g/mol. The van der Waals surface area contributed by atoms with Crippen LogP contribution in [0.25, 0.3) is 0 Å². The molecule has 0 aliphatic rings. The van der Waals surface area contributed by atoms with Gasteiger partial charge in [0.1, 0.15) is 0 Å². The van der Waals surface area contributed by atoms with Gasteiger partial charge in [0, 0.05) is 11.4 Å². The number of anilines is 1. The van der Waals surface area contributed by atoms with E-state index in [0.717, 1.165) is 23.6 Å². The van der Waals surface area contributed by atoms with Crippen molar-refractivity contribution in [2.75, 3.05) is 5.32 Å². The van der Waals surface area contributed by atoms with Crippen LogP contribution >= 0.6 is 0 Å². The molecule has 0 bridgehead atoms. The summed E-state index contributed by atoms with van der Waals surface area (Å²) >= 11 is 0. The Hall–Kier alpha value is -1.77. The molecule has 2 rings (SSSR count). The van der Waals surface area contributed by atoms with E-state index in [9.17, 15) is 0 Å². The van der Waals surface area contributed by atoms with Crippen LogP contribution in [0.4, 0.5) is 5.69 Å². The SMILES string of the molecule is CCCCc1ccc(NCc2nc[nH]c2C)cc1. The topological polar surface area (TPSA) is 40.7 Å². The first-order valence-electron chi connectivity index (χ1n) is 6.61. The lowest BCUT2D eigenvalue weighted by molar-refractivity contribution is 0.795. The van der Waals surface area contributed by atoms with Gasteiger partial charge < -0.3 is 10.3 Å². The Morgan fingerprint density at radius 3 is 2.61 bits per heavy atom. The van der Waals surface area contributed by atoms with Gasteiger partial charge in [-0.15, -0.1) is 0 Å². The van der Waals surface area contributed by atoms with Gasteiger partial charge in [-0.1, -0.05) is 25.5 Å². The van der Waals surface area contributed by atoms with Crippen LogP contribution in [0.2, 0.25) is 0 Å². The molecule has 3 heteroatoms. The first-order chi connectivity index (χ1) is 8.79. The second-order valence-corrected chi connectivity index (χ2v) is 4.63. The number of unbranched alkanes of at least 4 members (excludes halogenated alkanes) is 1. The molecule has 0 aliphatic carbocycles. The molecule has 0 aliphatic heterocycles. The van der Waals surface area contributed by atoms with Crippen molar-refractivity contribution in [1.29, 1.82) is 0 Å². The van der Waals surface area contributed by atoms with E-state index in [2.05, 4.69) is 46.5 Å². The molecule has 2 aromatic rings. The predicted molar refractivity (Wildman–Crippen MR) is 75.7 cm³/mol.